The van der Waals surface area contributed by atoms with E-state index in [4.69, 9.17) is 4.74 Å². The Bertz CT molecular complexity index is 1460. The van der Waals surface area contributed by atoms with E-state index in [1.54, 1.807) is 65.8 Å². The van der Waals surface area contributed by atoms with Crippen LogP contribution in [0.2, 0.25) is 0 Å². The lowest BCUT2D eigenvalue weighted by Crippen LogP contribution is -2.59. The minimum atomic E-state index is -0.923. The molecule has 0 bridgehead atoms. The Hall–Kier alpha value is -4.87. The quantitative estimate of drug-likeness (QED) is 0.272. The van der Waals surface area contributed by atoms with Crippen LogP contribution in [-0.2, 0) is 19.1 Å². The summed E-state index contributed by atoms with van der Waals surface area (Å²) in [5.41, 5.74) is -1.00. The van der Waals surface area contributed by atoms with Crippen LogP contribution >= 0.6 is 0 Å². The number of imide groups is 2. The number of amides is 6. The molecule has 2 aromatic carbocycles. The molecule has 2 heterocycles. The highest BCUT2D eigenvalue weighted by Gasteiger charge is 2.42. The van der Waals surface area contributed by atoms with E-state index < -0.39 is 72.1 Å². The molecule has 0 atom stereocenters. The summed E-state index contributed by atoms with van der Waals surface area (Å²) in [6, 6.07) is 12.3. The molecule has 0 saturated carbocycles. The van der Waals surface area contributed by atoms with Gasteiger partial charge < -0.3 is 4.74 Å². The van der Waals surface area contributed by atoms with Gasteiger partial charge in [0.1, 0.15) is 25.2 Å². The van der Waals surface area contributed by atoms with E-state index in [9.17, 15) is 33.6 Å². The first kappa shape index (κ1) is 31.1. The SMILES string of the molecule is CC(C)(C)CN(C(=O)CN1C(=O)c2ccccc2C1=O)N(CC(=O)OC(C)(C)C)C(=O)CN1C(=O)c2ccccc2C1=O. The van der Waals surface area contributed by atoms with Crippen molar-refractivity contribution in [3.63, 3.8) is 0 Å². The normalized spacial score (nSPS) is 14.6. The van der Waals surface area contributed by atoms with Gasteiger partial charge in [-0.2, -0.15) is 0 Å². The van der Waals surface area contributed by atoms with Crippen LogP contribution in [0.1, 0.15) is 83.0 Å². The average Bonchev–Trinajstić information content (AvgIpc) is 3.29. The van der Waals surface area contributed by atoms with Crippen molar-refractivity contribution in [3.8, 4) is 0 Å². The van der Waals surface area contributed by atoms with E-state index in [0.717, 1.165) is 19.8 Å². The summed E-state index contributed by atoms with van der Waals surface area (Å²) in [7, 11) is 0. The first-order valence-corrected chi connectivity index (χ1v) is 13.7. The second-order valence-corrected chi connectivity index (χ2v) is 12.5. The predicted octanol–water partition coefficient (Wildman–Crippen LogP) is 2.54. The van der Waals surface area contributed by atoms with Crippen LogP contribution in [0.5, 0.6) is 0 Å². The van der Waals surface area contributed by atoms with E-state index in [2.05, 4.69) is 0 Å². The molecule has 43 heavy (non-hydrogen) atoms. The molecule has 2 aliphatic rings. The highest BCUT2D eigenvalue weighted by atomic mass is 16.6. The van der Waals surface area contributed by atoms with Gasteiger partial charge >= 0.3 is 5.97 Å². The highest BCUT2D eigenvalue weighted by molar-refractivity contribution is 6.23. The Kier molecular flexibility index (Phi) is 8.26. The molecule has 0 aliphatic carbocycles. The molecule has 6 amide bonds. The number of esters is 1. The van der Waals surface area contributed by atoms with Crippen molar-refractivity contribution in [1.29, 1.82) is 0 Å². The van der Waals surface area contributed by atoms with Crippen LogP contribution in [0, 0.1) is 5.41 Å². The first-order chi connectivity index (χ1) is 20.0. The molecule has 2 aliphatic heterocycles. The Morgan fingerprint density at radius 1 is 0.628 bits per heavy atom. The van der Waals surface area contributed by atoms with Gasteiger partial charge in [0.05, 0.1) is 22.3 Å². The molecule has 0 fully saturated rings. The minimum Gasteiger partial charge on any atom is -0.459 e. The van der Waals surface area contributed by atoms with Crippen LogP contribution in [0.25, 0.3) is 0 Å². The van der Waals surface area contributed by atoms with E-state index in [1.165, 1.54) is 24.3 Å². The molecule has 226 valence electrons. The molecule has 0 N–H and O–H groups in total. The number of nitrogens with zero attached hydrogens (tertiary/aromatic N) is 4. The minimum absolute atomic E-state index is 0.119. The summed E-state index contributed by atoms with van der Waals surface area (Å²) < 4.78 is 5.41. The summed E-state index contributed by atoms with van der Waals surface area (Å²) in [4.78, 5) is 94.2. The third-order valence-electron chi connectivity index (χ3n) is 6.53. The van der Waals surface area contributed by atoms with Gasteiger partial charge in [-0.1, -0.05) is 45.0 Å². The monoisotopic (exact) mass is 590 g/mol. The predicted molar refractivity (Wildman–Crippen MR) is 152 cm³/mol. The molecule has 2 aromatic rings. The van der Waals surface area contributed by atoms with Gasteiger partial charge in [-0.3, -0.25) is 43.4 Å². The summed E-state index contributed by atoms with van der Waals surface area (Å²) in [6.45, 7) is 7.93. The van der Waals surface area contributed by atoms with E-state index in [0.29, 0.717) is 0 Å². The van der Waals surface area contributed by atoms with Crippen molar-refractivity contribution in [3.05, 3.63) is 70.8 Å². The van der Waals surface area contributed by atoms with Crippen LogP contribution in [0.3, 0.4) is 0 Å². The van der Waals surface area contributed by atoms with Crippen molar-refractivity contribution in [2.24, 2.45) is 5.41 Å². The Labute approximate surface area is 249 Å². The molecule has 0 unspecified atom stereocenters. The van der Waals surface area contributed by atoms with Crippen molar-refractivity contribution in [2.75, 3.05) is 26.2 Å². The van der Waals surface area contributed by atoms with Crippen LogP contribution in [-0.4, -0.2) is 93.0 Å². The van der Waals surface area contributed by atoms with Crippen molar-refractivity contribution >= 4 is 41.4 Å². The zero-order chi connectivity index (χ0) is 31.9. The zero-order valence-electron chi connectivity index (χ0n) is 25.0. The van der Waals surface area contributed by atoms with Crippen LogP contribution < -0.4 is 0 Å². The molecular weight excluding hydrogens is 556 g/mol. The van der Waals surface area contributed by atoms with Crippen molar-refractivity contribution in [2.45, 2.75) is 47.1 Å². The Balaban J connectivity index is 1.66. The summed E-state index contributed by atoms with van der Waals surface area (Å²) in [5, 5.41) is 1.80. The highest BCUT2D eigenvalue weighted by Crippen LogP contribution is 2.25. The molecular formula is C31H34N4O8. The fourth-order valence-corrected chi connectivity index (χ4v) is 4.76. The number of ether oxygens (including phenoxy) is 1. The van der Waals surface area contributed by atoms with E-state index in [1.807, 2.05) is 0 Å². The molecule has 4 rings (SSSR count). The number of carbonyl (C=O) groups excluding carboxylic acids is 7. The van der Waals surface area contributed by atoms with Gasteiger partial charge in [0.25, 0.3) is 35.4 Å². The summed E-state index contributed by atoms with van der Waals surface area (Å²) in [5.74, 6) is -5.31. The fraction of sp³-hybridized carbons (Fsp3) is 0.387. The van der Waals surface area contributed by atoms with Gasteiger partial charge in [-0.05, 0) is 50.5 Å². The molecule has 0 saturated heterocycles. The maximum atomic E-state index is 13.9. The first-order valence-electron chi connectivity index (χ1n) is 13.7. The lowest BCUT2D eigenvalue weighted by molar-refractivity contribution is -0.176. The van der Waals surface area contributed by atoms with Crippen molar-refractivity contribution in [1.82, 2.24) is 19.8 Å². The third kappa shape index (κ3) is 6.63. The Morgan fingerprint density at radius 2 is 0.977 bits per heavy atom. The number of carbonyl (C=O) groups is 7. The topological polar surface area (TPSA) is 142 Å². The van der Waals surface area contributed by atoms with Crippen LogP contribution in [0.4, 0.5) is 0 Å². The summed E-state index contributed by atoms with van der Waals surface area (Å²) >= 11 is 0. The number of hydrogen-bond acceptors (Lipinski definition) is 8. The smallest absolute Gasteiger partial charge is 0.328 e. The lowest BCUT2D eigenvalue weighted by atomic mass is 9.96. The number of rotatable bonds is 7. The molecule has 0 radical (unpaired) electrons. The largest absolute Gasteiger partial charge is 0.459 e. The maximum Gasteiger partial charge on any atom is 0.328 e. The lowest BCUT2D eigenvalue weighted by Gasteiger charge is -2.39. The second-order valence-electron chi connectivity index (χ2n) is 12.5. The van der Waals surface area contributed by atoms with Gasteiger partial charge in [-0.15, -0.1) is 0 Å². The van der Waals surface area contributed by atoms with Crippen LogP contribution in [0.15, 0.2) is 48.5 Å². The number of benzene rings is 2. The summed E-state index contributed by atoms with van der Waals surface area (Å²) in [6.07, 6.45) is 0. The van der Waals surface area contributed by atoms with Gasteiger partial charge in [0, 0.05) is 6.54 Å². The molecule has 0 aromatic heterocycles. The van der Waals surface area contributed by atoms with E-state index in [-0.39, 0.29) is 28.8 Å². The molecule has 12 nitrogen and oxygen atoms in total. The van der Waals surface area contributed by atoms with Gasteiger partial charge in [-0.25, -0.2) is 10.0 Å². The molecule has 0 spiro atoms. The zero-order valence-corrected chi connectivity index (χ0v) is 25.0. The van der Waals surface area contributed by atoms with E-state index >= 15 is 0 Å². The second kappa shape index (κ2) is 11.4. The fourth-order valence-electron chi connectivity index (χ4n) is 4.76. The van der Waals surface area contributed by atoms with Gasteiger partial charge in [0.2, 0.25) is 0 Å². The third-order valence-corrected chi connectivity index (χ3v) is 6.53. The number of hydrazine groups is 1. The Morgan fingerprint density at radius 3 is 1.30 bits per heavy atom. The molecule has 12 heteroatoms. The van der Waals surface area contributed by atoms with Crippen molar-refractivity contribution < 1.29 is 38.3 Å². The number of fused-ring (bicyclic) bond motifs is 2. The standard InChI is InChI=1S/C31H34N4O8/c1-30(2,3)18-35(24(37)16-33-28(41)21-13-9-10-14-22(21)29(33)42)34(17-25(38)43-31(4,5)6)23(36)15-32-26(39)19-11-7-8-12-20(19)27(32)40/h7-14H,15-18H2,1-6H3. The average molecular weight is 591 g/mol. The maximum absolute atomic E-state index is 13.9. The van der Waals surface area contributed by atoms with Gasteiger partial charge in [0.15, 0.2) is 0 Å². The number of hydrogen-bond donors (Lipinski definition) is 0.